The molecular formula is C55H97NO7. The summed E-state index contributed by atoms with van der Waals surface area (Å²) in [5, 5.41) is 11.7. The van der Waals surface area contributed by atoms with Gasteiger partial charge in [0, 0.05) is 19.3 Å². The fourth-order valence-electron chi connectivity index (χ4n) is 7.45. The highest BCUT2D eigenvalue weighted by molar-refractivity contribution is 5.70. The van der Waals surface area contributed by atoms with Crippen LogP contribution in [0.25, 0.3) is 0 Å². The standard InChI is InChI=1S/C55H97NO7/c1-6-8-10-12-14-16-18-20-22-24-25-26-27-28-30-32-34-36-38-40-42-44-46-54(58)63-51(49-61-48-47-52(55(59)60)56(3,4)5)50-62-53(57)45-43-41-39-37-35-33-31-29-23-21-19-17-15-13-11-9-7-2/h8,10,14,16,20,22,25-26,28,30,51-52H,6-7,9,11-13,15,17-19,21,23-24,27,29,31-50H2,1-5H3/b10-8+,16-14+,22-20+,26-25+,30-28+. The summed E-state index contributed by atoms with van der Waals surface area (Å²) in [6.45, 7) is 4.56. The number of carboxylic acids is 1. The van der Waals surface area contributed by atoms with Gasteiger partial charge in [0.25, 0.3) is 0 Å². The summed E-state index contributed by atoms with van der Waals surface area (Å²) in [6, 6.07) is -0.730. The lowest BCUT2D eigenvalue weighted by atomic mass is 10.0. The van der Waals surface area contributed by atoms with Gasteiger partial charge in [0.05, 0.1) is 40.3 Å². The molecule has 2 unspecified atom stereocenters. The lowest BCUT2D eigenvalue weighted by Crippen LogP contribution is -2.55. The topological polar surface area (TPSA) is 102 Å². The first-order valence-electron chi connectivity index (χ1n) is 25.8. The first-order valence-corrected chi connectivity index (χ1v) is 25.8. The molecule has 0 rings (SSSR count). The van der Waals surface area contributed by atoms with E-state index in [0.29, 0.717) is 12.8 Å². The third-order valence-corrected chi connectivity index (χ3v) is 11.4. The van der Waals surface area contributed by atoms with E-state index in [1.807, 2.05) is 0 Å². The molecule has 0 aliphatic heterocycles. The SMILES string of the molecule is CC/C=C/C/C=C/C/C=C/C/C=C/C/C=C/CCCCCCCCC(=O)OC(COCCC(C(=O)[O-])[N+](C)(C)C)COC(=O)CCCCCCCCCCCCCCCCCCC. The predicted octanol–water partition coefficient (Wildman–Crippen LogP) is 13.6. The zero-order valence-corrected chi connectivity index (χ0v) is 41.5. The van der Waals surface area contributed by atoms with Gasteiger partial charge in [-0.15, -0.1) is 0 Å². The molecule has 0 saturated carbocycles. The van der Waals surface area contributed by atoms with Gasteiger partial charge in [0.15, 0.2) is 6.10 Å². The van der Waals surface area contributed by atoms with Gasteiger partial charge in [0.1, 0.15) is 12.6 Å². The van der Waals surface area contributed by atoms with E-state index in [1.165, 1.54) is 103 Å². The smallest absolute Gasteiger partial charge is 0.306 e. The highest BCUT2D eigenvalue weighted by Crippen LogP contribution is 2.16. The van der Waals surface area contributed by atoms with Gasteiger partial charge in [-0.05, 0) is 57.8 Å². The molecule has 0 bridgehead atoms. The third kappa shape index (κ3) is 44.0. The monoisotopic (exact) mass is 884 g/mol. The Labute approximate surface area is 388 Å². The van der Waals surface area contributed by atoms with Gasteiger partial charge in [-0.3, -0.25) is 9.59 Å². The van der Waals surface area contributed by atoms with Crippen LogP contribution in [0.4, 0.5) is 0 Å². The molecule has 0 aliphatic carbocycles. The number of carbonyl (C=O) groups excluding carboxylic acids is 3. The Bertz CT molecular complexity index is 1210. The van der Waals surface area contributed by atoms with E-state index in [2.05, 4.69) is 74.6 Å². The molecule has 364 valence electrons. The third-order valence-electron chi connectivity index (χ3n) is 11.4. The molecule has 0 saturated heterocycles. The van der Waals surface area contributed by atoms with E-state index in [4.69, 9.17) is 14.2 Å². The Morgan fingerprint density at radius 3 is 1.32 bits per heavy atom. The average Bonchev–Trinajstić information content (AvgIpc) is 3.24. The van der Waals surface area contributed by atoms with Crippen LogP contribution < -0.4 is 5.11 Å². The molecule has 0 aromatic heterocycles. The number of esters is 2. The van der Waals surface area contributed by atoms with E-state index in [0.717, 1.165) is 83.5 Å². The largest absolute Gasteiger partial charge is 0.544 e. The number of hydrogen-bond donors (Lipinski definition) is 0. The molecular weight excluding hydrogens is 787 g/mol. The molecule has 63 heavy (non-hydrogen) atoms. The number of rotatable bonds is 46. The maximum absolute atomic E-state index is 12.8. The molecule has 8 heteroatoms. The van der Waals surface area contributed by atoms with Crippen LogP contribution in [0, 0.1) is 0 Å². The number of carboxylic acid groups (broad SMARTS) is 1. The second-order valence-corrected chi connectivity index (χ2v) is 18.4. The van der Waals surface area contributed by atoms with Crippen LogP contribution in [0.2, 0.25) is 0 Å². The lowest BCUT2D eigenvalue weighted by Gasteiger charge is -2.34. The van der Waals surface area contributed by atoms with Crippen LogP contribution in [0.1, 0.15) is 219 Å². The molecule has 2 atom stereocenters. The molecule has 0 aromatic carbocycles. The van der Waals surface area contributed by atoms with Crippen molar-refractivity contribution < 1.29 is 38.2 Å². The van der Waals surface area contributed by atoms with Crippen molar-refractivity contribution in [3.05, 3.63) is 60.8 Å². The van der Waals surface area contributed by atoms with Gasteiger partial charge >= 0.3 is 11.9 Å². The Morgan fingerprint density at radius 2 is 0.889 bits per heavy atom. The van der Waals surface area contributed by atoms with Crippen molar-refractivity contribution in [2.24, 2.45) is 0 Å². The van der Waals surface area contributed by atoms with Crippen molar-refractivity contribution >= 4 is 17.9 Å². The molecule has 0 heterocycles. The highest BCUT2D eigenvalue weighted by Gasteiger charge is 2.25. The summed E-state index contributed by atoms with van der Waals surface area (Å²) in [4.78, 5) is 37.0. The molecule has 0 N–H and O–H groups in total. The Morgan fingerprint density at radius 1 is 0.492 bits per heavy atom. The summed E-state index contributed by atoms with van der Waals surface area (Å²) >= 11 is 0. The summed E-state index contributed by atoms with van der Waals surface area (Å²) in [7, 11) is 5.41. The van der Waals surface area contributed by atoms with Crippen molar-refractivity contribution in [1.82, 2.24) is 0 Å². The fourth-order valence-corrected chi connectivity index (χ4v) is 7.45. The fraction of sp³-hybridized carbons (Fsp3) is 0.764. The summed E-state index contributed by atoms with van der Waals surface area (Å²) in [5.74, 6) is -1.75. The first kappa shape index (κ1) is 60.0. The van der Waals surface area contributed by atoms with Crippen LogP contribution in [0.5, 0.6) is 0 Å². The number of quaternary nitrogens is 1. The molecule has 0 spiro atoms. The second-order valence-electron chi connectivity index (χ2n) is 18.4. The quantitative estimate of drug-likeness (QED) is 0.0260. The van der Waals surface area contributed by atoms with E-state index < -0.39 is 18.1 Å². The number of hydrogen-bond acceptors (Lipinski definition) is 7. The van der Waals surface area contributed by atoms with Gasteiger partial charge in [-0.25, -0.2) is 0 Å². The van der Waals surface area contributed by atoms with Crippen LogP contribution in [0.3, 0.4) is 0 Å². The molecule has 8 nitrogen and oxygen atoms in total. The van der Waals surface area contributed by atoms with E-state index in [-0.39, 0.29) is 42.7 Å². The van der Waals surface area contributed by atoms with Crippen molar-refractivity contribution in [2.75, 3.05) is 41.0 Å². The van der Waals surface area contributed by atoms with Gasteiger partial charge in [-0.1, -0.05) is 203 Å². The second kappa shape index (κ2) is 45.6. The number of aliphatic carboxylic acids is 1. The minimum Gasteiger partial charge on any atom is -0.544 e. The van der Waals surface area contributed by atoms with Crippen LogP contribution in [-0.2, 0) is 28.6 Å². The number of allylic oxidation sites excluding steroid dienone is 10. The maximum Gasteiger partial charge on any atom is 0.306 e. The lowest BCUT2D eigenvalue weighted by molar-refractivity contribution is -0.889. The van der Waals surface area contributed by atoms with Crippen molar-refractivity contribution in [2.45, 2.75) is 231 Å². The summed E-state index contributed by atoms with van der Waals surface area (Å²) in [6.07, 6.45) is 56.7. The van der Waals surface area contributed by atoms with Crippen LogP contribution in [-0.4, -0.2) is 75.5 Å². The average molecular weight is 884 g/mol. The zero-order chi connectivity index (χ0) is 46.3. The molecule has 0 aliphatic rings. The molecule has 0 aromatic rings. The summed E-state index contributed by atoms with van der Waals surface area (Å²) in [5.41, 5.74) is 0. The Hall–Kier alpha value is -2.97. The normalized spacial score (nSPS) is 13.3. The number of ether oxygens (including phenoxy) is 3. The Kier molecular flexibility index (Phi) is 43.4. The highest BCUT2D eigenvalue weighted by atomic mass is 16.6. The van der Waals surface area contributed by atoms with E-state index >= 15 is 0 Å². The molecule has 0 radical (unpaired) electrons. The van der Waals surface area contributed by atoms with Gasteiger partial charge < -0.3 is 28.6 Å². The maximum atomic E-state index is 12.8. The molecule has 0 amide bonds. The van der Waals surface area contributed by atoms with Crippen molar-refractivity contribution in [1.29, 1.82) is 0 Å². The first-order chi connectivity index (χ1) is 30.6. The van der Waals surface area contributed by atoms with Crippen LogP contribution in [0.15, 0.2) is 60.8 Å². The van der Waals surface area contributed by atoms with Gasteiger partial charge in [0.2, 0.25) is 0 Å². The predicted molar refractivity (Wildman–Crippen MR) is 263 cm³/mol. The number of nitrogens with zero attached hydrogens (tertiary/aromatic N) is 1. The van der Waals surface area contributed by atoms with Gasteiger partial charge in [-0.2, -0.15) is 0 Å². The minimum absolute atomic E-state index is 0.0347. The molecule has 0 fully saturated rings. The number of carbonyl (C=O) groups is 3. The van der Waals surface area contributed by atoms with Crippen LogP contribution >= 0.6 is 0 Å². The number of unbranched alkanes of at least 4 members (excludes halogenated alkanes) is 22. The van der Waals surface area contributed by atoms with E-state index in [1.54, 1.807) is 21.1 Å². The van der Waals surface area contributed by atoms with Crippen molar-refractivity contribution in [3.63, 3.8) is 0 Å². The number of likely N-dealkylation sites (N-methyl/N-ethyl adjacent to an activating group) is 1. The summed E-state index contributed by atoms with van der Waals surface area (Å²) < 4.78 is 17.2. The van der Waals surface area contributed by atoms with Crippen molar-refractivity contribution in [3.8, 4) is 0 Å². The zero-order valence-electron chi connectivity index (χ0n) is 41.5. The minimum atomic E-state index is -1.13. The Balaban J connectivity index is 4.28. The van der Waals surface area contributed by atoms with E-state index in [9.17, 15) is 19.5 Å².